The van der Waals surface area contributed by atoms with Gasteiger partial charge in [-0.3, -0.25) is 9.74 Å². The number of nitrogens with zero attached hydrogens (tertiary/aromatic N) is 5. The summed E-state index contributed by atoms with van der Waals surface area (Å²) in [6.45, 7) is 8.67. The molecule has 200 valence electrons. The summed E-state index contributed by atoms with van der Waals surface area (Å²) in [5.74, 6) is 1.02. The number of amides is 3. The first-order valence-corrected chi connectivity index (χ1v) is 13.1. The fraction of sp³-hybridized carbons (Fsp3) is 0.615. The minimum absolute atomic E-state index is 0.0328. The van der Waals surface area contributed by atoms with Gasteiger partial charge in [0.15, 0.2) is 0 Å². The number of likely N-dealkylation sites (tertiary alicyclic amines) is 1. The van der Waals surface area contributed by atoms with Crippen LogP contribution in [0.15, 0.2) is 34.7 Å². The molecule has 3 saturated heterocycles. The van der Waals surface area contributed by atoms with Crippen molar-refractivity contribution in [2.45, 2.75) is 83.3 Å². The molecular formula is C26H36N6O5. The van der Waals surface area contributed by atoms with Crippen LogP contribution in [0.3, 0.4) is 0 Å². The topological polar surface area (TPSA) is 113 Å². The van der Waals surface area contributed by atoms with Gasteiger partial charge in [0.25, 0.3) is 0 Å². The van der Waals surface area contributed by atoms with Crippen LogP contribution >= 0.6 is 0 Å². The summed E-state index contributed by atoms with van der Waals surface area (Å²) in [6, 6.07) is 9.57. The zero-order chi connectivity index (χ0) is 26.0. The highest BCUT2D eigenvalue weighted by Gasteiger charge is 2.47. The second-order valence-corrected chi connectivity index (χ2v) is 11.0. The third-order valence-electron chi connectivity index (χ3n) is 6.97. The smallest absolute Gasteiger partial charge is 0.407 e. The van der Waals surface area contributed by atoms with Crippen LogP contribution in [0, 0.1) is 0 Å². The molecule has 1 aromatic heterocycles. The summed E-state index contributed by atoms with van der Waals surface area (Å²) >= 11 is 0. The molecule has 5 rings (SSSR count). The highest BCUT2D eigenvalue weighted by Crippen LogP contribution is 2.38. The predicted molar refractivity (Wildman–Crippen MR) is 133 cm³/mol. The Morgan fingerprint density at radius 2 is 1.86 bits per heavy atom. The van der Waals surface area contributed by atoms with Gasteiger partial charge in [-0.2, -0.15) is 5.06 Å². The van der Waals surface area contributed by atoms with Crippen molar-refractivity contribution >= 4 is 12.1 Å². The average molecular weight is 513 g/mol. The van der Waals surface area contributed by atoms with Gasteiger partial charge in [-0.25, -0.2) is 9.59 Å². The number of nitrogens with one attached hydrogen (secondary N) is 1. The van der Waals surface area contributed by atoms with Crippen LogP contribution in [0.1, 0.15) is 69.8 Å². The molecule has 3 aliphatic heterocycles. The highest BCUT2D eigenvalue weighted by molar-refractivity contribution is 5.77. The molecule has 0 saturated carbocycles. The van der Waals surface area contributed by atoms with Crippen molar-refractivity contribution < 1.29 is 23.6 Å². The number of urea groups is 1. The summed E-state index contributed by atoms with van der Waals surface area (Å²) in [7, 11) is 0. The second kappa shape index (κ2) is 10.7. The number of carbonyl (C=O) groups is 2. The quantitative estimate of drug-likeness (QED) is 0.598. The molecule has 0 spiro atoms. The molecule has 4 heterocycles. The zero-order valence-electron chi connectivity index (χ0n) is 21.8. The molecule has 2 bridgehead atoms. The van der Waals surface area contributed by atoms with Gasteiger partial charge in [-0.05, 0) is 52.0 Å². The first kappa shape index (κ1) is 25.5. The molecule has 11 nitrogen and oxygen atoms in total. The molecule has 3 amide bonds. The number of benzene rings is 1. The minimum Gasteiger partial charge on any atom is -0.444 e. The number of hydroxylamine groups is 2. The van der Waals surface area contributed by atoms with E-state index in [1.165, 1.54) is 5.06 Å². The van der Waals surface area contributed by atoms with Crippen LogP contribution in [0.2, 0.25) is 0 Å². The third-order valence-corrected chi connectivity index (χ3v) is 6.97. The van der Waals surface area contributed by atoms with Gasteiger partial charge in [-0.1, -0.05) is 30.3 Å². The molecule has 0 radical (unpaired) electrons. The van der Waals surface area contributed by atoms with Crippen LogP contribution in [0.25, 0.3) is 0 Å². The van der Waals surface area contributed by atoms with E-state index in [0.29, 0.717) is 31.5 Å². The maximum atomic E-state index is 13.1. The van der Waals surface area contributed by atoms with E-state index in [1.807, 2.05) is 51.1 Å². The van der Waals surface area contributed by atoms with Gasteiger partial charge in [0.05, 0.1) is 12.6 Å². The normalized spacial score (nSPS) is 22.9. The fourth-order valence-electron chi connectivity index (χ4n) is 5.14. The van der Waals surface area contributed by atoms with E-state index in [-0.39, 0.29) is 30.2 Å². The predicted octanol–water partition coefficient (Wildman–Crippen LogP) is 3.63. The Morgan fingerprint density at radius 3 is 2.59 bits per heavy atom. The maximum absolute atomic E-state index is 13.1. The van der Waals surface area contributed by atoms with E-state index in [1.54, 1.807) is 4.90 Å². The maximum Gasteiger partial charge on any atom is 0.407 e. The number of hydrogen-bond acceptors (Lipinski definition) is 8. The van der Waals surface area contributed by atoms with E-state index >= 15 is 0 Å². The van der Waals surface area contributed by atoms with Crippen molar-refractivity contribution in [3.8, 4) is 0 Å². The Bertz CT molecular complexity index is 1080. The molecule has 3 fully saturated rings. The van der Waals surface area contributed by atoms with Crippen molar-refractivity contribution in [3.05, 3.63) is 47.7 Å². The van der Waals surface area contributed by atoms with Gasteiger partial charge >= 0.3 is 12.1 Å². The third kappa shape index (κ3) is 6.22. The van der Waals surface area contributed by atoms with Crippen LogP contribution < -0.4 is 5.32 Å². The van der Waals surface area contributed by atoms with Crippen molar-refractivity contribution in [2.24, 2.45) is 0 Å². The molecule has 0 aliphatic carbocycles. The molecule has 2 aromatic rings. The number of fused-ring (bicyclic) bond motifs is 2. The summed E-state index contributed by atoms with van der Waals surface area (Å²) < 4.78 is 11.4. The molecule has 1 aromatic carbocycles. The summed E-state index contributed by atoms with van der Waals surface area (Å²) in [6.07, 6.45) is 2.85. The van der Waals surface area contributed by atoms with E-state index in [9.17, 15) is 9.59 Å². The van der Waals surface area contributed by atoms with Crippen LogP contribution in [0.5, 0.6) is 0 Å². The number of aromatic nitrogens is 2. The molecular weight excluding hydrogens is 476 g/mol. The van der Waals surface area contributed by atoms with E-state index < -0.39 is 5.60 Å². The van der Waals surface area contributed by atoms with E-state index in [2.05, 4.69) is 20.4 Å². The lowest BCUT2D eigenvalue weighted by atomic mass is 10.0. The molecule has 2 unspecified atom stereocenters. The fourth-order valence-corrected chi connectivity index (χ4v) is 5.14. The second-order valence-electron chi connectivity index (χ2n) is 11.0. The summed E-state index contributed by atoms with van der Waals surface area (Å²) in [5.41, 5.74) is 0.516. The molecule has 37 heavy (non-hydrogen) atoms. The van der Waals surface area contributed by atoms with Crippen molar-refractivity contribution in [3.63, 3.8) is 0 Å². The van der Waals surface area contributed by atoms with Crippen molar-refractivity contribution in [1.29, 1.82) is 0 Å². The highest BCUT2D eigenvalue weighted by atomic mass is 16.7. The standard InChI is InChI=1S/C26H36N6O5/c1-26(2,3)37-24(33)27-19-11-13-30(14-12-19)16-22-28-29-23(36-22)21-10-9-20-15-31(21)25(34)32(20)35-17-18-7-5-4-6-8-18/h4-8,19-21H,9-17H2,1-3H3,(H,27,33). The number of ether oxygens (including phenoxy) is 1. The Kier molecular flexibility index (Phi) is 7.34. The van der Waals surface area contributed by atoms with E-state index in [0.717, 1.165) is 44.3 Å². The lowest BCUT2D eigenvalue weighted by Gasteiger charge is -2.32. The van der Waals surface area contributed by atoms with E-state index in [4.69, 9.17) is 14.0 Å². The van der Waals surface area contributed by atoms with Gasteiger partial charge in [0.2, 0.25) is 11.8 Å². The van der Waals surface area contributed by atoms with Gasteiger partial charge in [0, 0.05) is 25.7 Å². The van der Waals surface area contributed by atoms with Crippen LogP contribution in [-0.4, -0.2) is 74.5 Å². The first-order chi connectivity index (χ1) is 17.7. The average Bonchev–Trinajstić information content (AvgIpc) is 3.41. The Balaban J connectivity index is 1.11. The van der Waals surface area contributed by atoms with Gasteiger partial charge in [0.1, 0.15) is 18.2 Å². The number of carbonyl (C=O) groups excluding carboxylic acids is 2. The number of rotatable bonds is 7. The summed E-state index contributed by atoms with van der Waals surface area (Å²) in [5, 5.41) is 13.0. The van der Waals surface area contributed by atoms with Crippen molar-refractivity contribution in [1.82, 2.24) is 30.4 Å². The number of alkyl carbamates (subject to hydrolysis) is 1. The first-order valence-electron chi connectivity index (χ1n) is 13.1. The molecule has 11 heteroatoms. The molecule has 2 atom stereocenters. The minimum atomic E-state index is -0.507. The largest absolute Gasteiger partial charge is 0.444 e. The number of hydrogen-bond donors (Lipinski definition) is 1. The zero-order valence-corrected chi connectivity index (χ0v) is 21.8. The van der Waals surface area contributed by atoms with Gasteiger partial charge < -0.3 is 19.4 Å². The number of piperidine rings is 2. The Morgan fingerprint density at radius 1 is 1.11 bits per heavy atom. The van der Waals surface area contributed by atoms with Gasteiger partial charge in [-0.15, -0.1) is 10.2 Å². The Labute approximate surface area is 217 Å². The van der Waals surface area contributed by atoms with Crippen molar-refractivity contribution in [2.75, 3.05) is 19.6 Å². The molecule has 1 N–H and O–H groups in total. The lowest BCUT2D eigenvalue weighted by Crippen LogP contribution is -2.45. The monoisotopic (exact) mass is 512 g/mol. The SMILES string of the molecule is CC(C)(C)OC(=O)NC1CCN(Cc2nnc(C3CCC4CN3C(=O)N4OCc3ccccc3)o2)CC1. The van der Waals surface area contributed by atoms with Crippen LogP contribution in [0.4, 0.5) is 9.59 Å². The lowest BCUT2D eigenvalue weighted by molar-refractivity contribution is -0.140. The summed E-state index contributed by atoms with van der Waals surface area (Å²) in [4.78, 5) is 35.0. The van der Waals surface area contributed by atoms with Crippen LogP contribution in [-0.2, 0) is 22.7 Å². The molecule has 3 aliphatic rings. The Hall–Kier alpha value is -3.18.